The molecular weight excluding hydrogens is 418 g/mol. The Hall–Kier alpha value is -2.42. The van der Waals surface area contributed by atoms with Crippen molar-refractivity contribution < 1.29 is 14.6 Å². The van der Waals surface area contributed by atoms with Gasteiger partial charge in [-0.2, -0.15) is 5.10 Å². The molecule has 0 radical (unpaired) electrons. The monoisotopic (exact) mass is 449 g/mol. The molecule has 1 aromatic heterocycles. The van der Waals surface area contributed by atoms with Crippen molar-refractivity contribution in [2.24, 2.45) is 5.10 Å². The average molecular weight is 450 g/mol. The number of aromatic nitrogens is 2. The van der Waals surface area contributed by atoms with Gasteiger partial charge < -0.3 is 19.9 Å². The van der Waals surface area contributed by atoms with E-state index in [0.29, 0.717) is 42.0 Å². The molecule has 1 unspecified atom stereocenters. The second-order valence-electron chi connectivity index (χ2n) is 8.14. The minimum atomic E-state index is -0.669. The Kier molecular flexibility index (Phi) is 9.48. The highest BCUT2D eigenvalue weighted by Gasteiger charge is 2.19. The number of halogens is 1. The second kappa shape index (κ2) is 11.8. The predicted octanol–water partition coefficient (Wildman–Crippen LogP) is 3.82. The maximum atomic E-state index is 10.2. The first kappa shape index (κ1) is 24.8. The van der Waals surface area contributed by atoms with E-state index >= 15 is 0 Å². The zero-order chi connectivity index (χ0) is 22.9. The van der Waals surface area contributed by atoms with E-state index in [1.807, 2.05) is 46.8 Å². The van der Waals surface area contributed by atoms with Crippen LogP contribution in [0.3, 0.4) is 0 Å². The minimum absolute atomic E-state index is 0.153. The normalized spacial score (nSPS) is 12.2. The topological polar surface area (TPSA) is 101 Å². The fraction of sp³-hybridized carbons (Fsp3) is 0.500. The van der Waals surface area contributed by atoms with Gasteiger partial charge in [0, 0.05) is 23.9 Å². The number of nitrogens with one attached hydrogen (secondary N) is 2. The van der Waals surface area contributed by atoms with Crippen LogP contribution in [0.1, 0.15) is 39.7 Å². The van der Waals surface area contributed by atoms with Crippen molar-refractivity contribution in [2.75, 3.05) is 25.2 Å². The molecule has 2 aromatic rings. The van der Waals surface area contributed by atoms with Crippen LogP contribution < -0.4 is 20.2 Å². The van der Waals surface area contributed by atoms with E-state index in [4.69, 9.17) is 21.1 Å². The van der Waals surface area contributed by atoms with Crippen LogP contribution >= 0.6 is 11.6 Å². The summed E-state index contributed by atoms with van der Waals surface area (Å²) in [7, 11) is 0. The molecule has 1 aromatic carbocycles. The highest BCUT2D eigenvalue weighted by Crippen LogP contribution is 2.27. The summed E-state index contributed by atoms with van der Waals surface area (Å²) in [5, 5.41) is 26.3. The van der Waals surface area contributed by atoms with Gasteiger partial charge in [-0.25, -0.2) is 0 Å². The summed E-state index contributed by atoms with van der Waals surface area (Å²) in [5.74, 6) is 1.58. The molecule has 3 N–H and O–H groups in total. The van der Waals surface area contributed by atoms with Crippen molar-refractivity contribution in [3.63, 3.8) is 0 Å². The first-order valence-corrected chi connectivity index (χ1v) is 10.6. The maximum absolute atomic E-state index is 10.2. The number of benzene rings is 1. The Bertz CT molecular complexity index is 855. The number of anilines is 1. The van der Waals surface area contributed by atoms with Gasteiger partial charge in [0.05, 0.1) is 11.6 Å². The third kappa shape index (κ3) is 9.08. The van der Waals surface area contributed by atoms with E-state index in [1.54, 1.807) is 18.2 Å². The quantitative estimate of drug-likeness (QED) is 0.334. The number of hydrogen-bond acceptors (Lipinski definition) is 8. The Morgan fingerprint density at radius 3 is 2.65 bits per heavy atom. The Balaban J connectivity index is 1.70. The first-order valence-electron chi connectivity index (χ1n) is 10.2. The van der Waals surface area contributed by atoms with Crippen LogP contribution in [0.4, 0.5) is 5.82 Å². The molecule has 31 heavy (non-hydrogen) atoms. The summed E-state index contributed by atoms with van der Waals surface area (Å²) >= 11 is 6.22. The molecule has 0 saturated carbocycles. The van der Waals surface area contributed by atoms with E-state index in [1.165, 1.54) is 0 Å². The molecule has 0 spiro atoms. The minimum Gasteiger partial charge on any atom is -0.489 e. The lowest BCUT2D eigenvalue weighted by atomic mass is 10.0. The van der Waals surface area contributed by atoms with Crippen LogP contribution in [0.2, 0.25) is 5.02 Å². The van der Waals surface area contributed by atoms with Crippen molar-refractivity contribution in [3.8, 4) is 11.6 Å². The van der Waals surface area contributed by atoms with E-state index < -0.39 is 6.10 Å². The summed E-state index contributed by atoms with van der Waals surface area (Å²) in [6.07, 6.45) is 0.0442. The summed E-state index contributed by atoms with van der Waals surface area (Å²) in [4.78, 5) is 0. The number of aliphatic hydroxyl groups excluding tert-OH is 1. The molecule has 0 aliphatic heterocycles. The molecule has 8 nitrogen and oxygen atoms in total. The van der Waals surface area contributed by atoms with Crippen molar-refractivity contribution in [2.45, 2.75) is 52.7 Å². The summed E-state index contributed by atoms with van der Waals surface area (Å²) in [6, 6.07) is 9.08. The zero-order valence-electron chi connectivity index (χ0n) is 18.8. The fourth-order valence-electron chi connectivity index (χ4n) is 2.50. The number of hydrazone groups is 1. The highest BCUT2D eigenvalue weighted by molar-refractivity contribution is 6.32. The van der Waals surface area contributed by atoms with Crippen LogP contribution in [0, 0.1) is 6.92 Å². The van der Waals surface area contributed by atoms with Crippen LogP contribution in [0.5, 0.6) is 11.6 Å². The Morgan fingerprint density at radius 2 is 1.97 bits per heavy atom. The highest BCUT2D eigenvalue weighted by atomic mass is 35.5. The van der Waals surface area contributed by atoms with Crippen LogP contribution in [-0.2, 0) is 0 Å². The summed E-state index contributed by atoms with van der Waals surface area (Å²) < 4.78 is 11.3. The zero-order valence-corrected chi connectivity index (χ0v) is 19.5. The summed E-state index contributed by atoms with van der Waals surface area (Å²) in [6.45, 7) is 10.8. The number of ether oxygens (including phenoxy) is 2. The molecule has 0 aliphatic rings. The SMILES string of the molecule is CC(C)=NNc1ccc(OCCC(C)(C)NCC(O)COc2cccc(C)c2Cl)nn1. The number of rotatable bonds is 12. The van der Waals surface area contributed by atoms with Crippen molar-refractivity contribution in [1.82, 2.24) is 15.5 Å². The average Bonchev–Trinajstić information content (AvgIpc) is 2.72. The number of β-amino-alcohol motifs (C(OH)–C–C–N with tert-alkyl or cyclic N) is 1. The number of hydrogen-bond donors (Lipinski definition) is 3. The standard InChI is InChI=1S/C22H32ClN5O3/c1-15(2)25-26-19-9-10-20(28-27-19)30-12-11-22(4,5)24-13-17(29)14-31-18-8-6-7-16(3)21(18)23/h6-10,17,24,29H,11-14H2,1-5H3,(H,26,27). The van der Waals surface area contributed by atoms with E-state index in [2.05, 4.69) is 26.0 Å². The fourth-order valence-corrected chi connectivity index (χ4v) is 2.68. The molecule has 0 aliphatic carbocycles. The molecule has 170 valence electrons. The molecular formula is C22H32ClN5O3. The number of aliphatic hydroxyl groups is 1. The van der Waals surface area contributed by atoms with Crippen LogP contribution in [-0.4, -0.2) is 52.4 Å². The Morgan fingerprint density at radius 1 is 1.19 bits per heavy atom. The molecule has 0 bridgehead atoms. The van der Waals surface area contributed by atoms with E-state index in [-0.39, 0.29) is 12.1 Å². The molecule has 0 amide bonds. The maximum Gasteiger partial charge on any atom is 0.233 e. The second-order valence-corrected chi connectivity index (χ2v) is 8.52. The van der Waals surface area contributed by atoms with Gasteiger partial charge in [-0.05, 0) is 58.7 Å². The third-order valence-electron chi connectivity index (χ3n) is 4.41. The van der Waals surface area contributed by atoms with Gasteiger partial charge in [0.25, 0.3) is 0 Å². The van der Waals surface area contributed by atoms with Gasteiger partial charge in [0.1, 0.15) is 18.5 Å². The predicted molar refractivity (Wildman–Crippen MR) is 124 cm³/mol. The molecule has 1 atom stereocenters. The van der Waals surface area contributed by atoms with Gasteiger partial charge in [-0.1, -0.05) is 23.7 Å². The lowest BCUT2D eigenvalue weighted by molar-refractivity contribution is 0.0964. The van der Waals surface area contributed by atoms with Crippen molar-refractivity contribution in [1.29, 1.82) is 0 Å². The first-order chi connectivity index (χ1) is 14.7. The molecule has 9 heteroatoms. The molecule has 0 fully saturated rings. The van der Waals surface area contributed by atoms with Crippen molar-refractivity contribution in [3.05, 3.63) is 40.9 Å². The van der Waals surface area contributed by atoms with Crippen LogP contribution in [0.15, 0.2) is 35.4 Å². The van der Waals surface area contributed by atoms with Gasteiger partial charge in [-0.3, -0.25) is 5.43 Å². The van der Waals surface area contributed by atoms with Crippen LogP contribution in [0.25, 0.3) is 0 Å². The molecule has 0 saturated heterocycles. The Labute approximate surface area is 189 Å². The molecule has 1 heterocycles. The lowest BCUT2D eigenvalue weighted by Gasteiger charge is -2.27. The van der Waals surface area contributed by atoms with Gasteiger partial charge in [0.2, 0.25) is 5.88 Å². The smallest absolute Gasteiger partial charge is 0.233 e. The van der Waals surface area contributed by atoms with Gasteiger partial charge in [0.15, 0.2) is 5.82 Å². The molecule has 2 rings (SSSR count). The lowest BCUT2D eigenvalue weighted by Crippen LogP contribution is -2.45. The van der Waals surface area contributed by atoms with Gasteiger partial charge in [-0.15, -0.1) is 10.2 Å². The third-order valence-corrected chi connectivity index (χ3v) is 4.90. The largest absolute Gasteiger partial charge is 0.489 e. The van der Waals surface area contributed by atoms with E-state index in [9.17, 15) is 5.11 Å². The van der Waals surface area contributed by atoms with Gasteiger partial charge >= 0.3 is 0 Å². The number of nitrogens with zero attached hydrogens (tertiary/aromatic N) is 3. The number of aryl methyl sites for hydroxylation is 1. The summed E-state index contributed by atoms with van der Waals surface area (Å²) in [5.41, 5.74) is 4.40. The van der Waals surface area contributed by atoms with Crippen molar-refractivity contribution >= 4 is 23.1 Å². The van der Waals surface area contributed by atoms with E-state index in [0.717, 1.165) is 11.3 Å².